The Morgan fingerprint density at radius 2 is 2.04 bits per heavy atom. The molecule has 1 aromatic carbocycles. The molecule has 1 atom stereocenters. The fraction of sp³-hybridized carbons (Fsp3) is 0.611. The molecule has 2 N–H and O–H groups in total. The number of carbonyl (C=O) groups is 1. The van der Waals surface area contributed by atoms with Crippen molar-refractivity contribution in [1.82, 2.24) is 15.5 Å². The summed E-state index contributed by atoms with van der Waals surface area (Å²) in [4.78, 5) is 14.5. The molecule has 1 heterocycles. The van der Waals surface area contributed by atoms with Gasteiger partial charge in [0.25, 0.3) is 0 Å². The Morgan fingerprint density at radius 3 is 2.74 bits per heavy atom. The van der Waals surface area contributed by atoms with Gasteiger partial charge in [0, 0.05) is 11.0 Å². The number of amides is 2. The van der Waals surface area contributed by atoms with Gasteiger partial charge in [-0.1, -0.05) is 41.1 Å². The molecule has 0 radical (unpaired) electrons. The van der Waals surface area contributed by atoms with Crippen molar-refractivity contribution in [1.29, 1.82) is 0 Å². The average molecular weight is 382 g/mol. The number of hydrogen-bond donors (Lipinski definition) is 2. The van der Waals surface area contributed by atoms with Gasteiger partial charge in [-0.25, -0.2) is 4.79 Å². The third-order valence-electron chi connectivity index (χ3n) is 4.53. The Hall–Kier alpha value is -1.07. The first-order valence-corrected chi connectivity index (χ1v) is 9.36. The second kappa shape index (κ2) is 9.28. The Bertz CT molecular complexity index is 501. The minimum Gasteiger partial charge on any atom is -0.338 e. The second-order valence-corrected chi connectivity index (χ2v) is 7.38. The molecule has 1 aliphatic heterocycles. The van der Waals surface area contributed by atoms with Gasteiger partial charge in [-0.05, 0) is 63.4 Å². The first-order chi connectivity index (χ1) is 11.1. The molecule has 0 saturated carbocycles. The highest BCUT2D eigenvalue weighted by Gasteiger charge is 2.15. The van der Waals surface area contributed by atoms with E-state index in [2.05, 4.69) is 38.4 Å². The minimum absolute atomic E-state index is 0.0193. The summed E-state index contributed by atoms with van der Waals surface area (Å²) in [5.74, 6) is 0.869. The van der Waals surface area contributed by atoms with Gasteiger partial charge in [0.1, 0.15) is 0 Å². The molecule has 1 aliphatic rings. The molecular formula is C18H28BrN3O. The van der Waals surface area contributed by atoms with Crippen molar-refractivity contribution in [2.45, 2.75) is 39.2 Å². The lowest BCUT2D eigenvalue weighted by Gasteiger charge is -2.30. The Balaban J connectivity index is 1.62. The van der Waals surface area contributed by atoms with Gasteiger partial charge < -0.3 is 15.5 Å². The largest absolute Gasteiger partial charge is 0.338 e. The lowest BCUT2D eigenvalue weighted by Crippen LogP contribution is -2.39. The summed E-state index contributed by atoms with van der Waals surface area (Å²) >= 11 is 3.52. The van der Waals surface area contributed by atoms with Gasteiger partial charge in [-0.2, -0.15) is 0 Å². The summed E-state index contributed by atoms with van der Waals surface area (Å²) in [6.45, 7) is 8.52. The van der Waals surface area contributed by atoms with Crippen LogP contribution in [0.25, 0.3) is 0 Å². The van der Waals surface area contributed by atoms with Crippen LogP contribution < -0.4 is 10.6 Å². The van der Waals surface area contributed by atoms with Crippen LogP contribution in [-0.2, 0) is 0 Å². The van der Waals surface area contributed by atoms with Crippen molar-refractivity contribution in [2.75, 3.05) is 26.2 Å². The number of rotatable bonds is 6. The van der Waals surface area contributed by atoms with E-state index in [0.717, 1.165) is 35.5 Å². The third-order valence-corrected chi connectivity index (χ3v) is 5.25. The first kappa shape index (κ1) is 18.3. The minimum atomic E-state index is -0.0967. The molecule has 23 heavy (non-hydrogen) atoms. The van der Waals surface area contributed by atoms with E-state index in [1.54, 1.807) is 0 Å². The summed E-state index contributed by atoms with van der Waals surface area (Å²) in [5, 5.41) is 5.95. The summed E-state index contributed by atoms with van der Waals surface area (Å²) in [6, 6.07) is 7.85. The van der Waals surface area contributed by atoms with Crippen LogP contribution in [0.5, 0.6) is 0 Å². The maximum atomic E-state index is 12.0. The van der Waals surface area contributed by atoms with Crippen molar-refractivity contribution in [2.24, 2.45) is 5.92 Å². The number of carbonyl (C=O) groups excluding carboxylic acids is 1. The van der Waals surface area contributed by atoms with E-state index >= 15 is 0 Å². The second-order valence-electron chi connectivity index (χ2n) is 6.52. The molecule has 2 rings (SSSR count). The predicted octanol–water partition coefficient (Wildman–Crippen LogP) is 3.93. The van der Waals surface area contributed by atoms with Crippen molar-refractivity contribution in [3.05, 3.63) is 34.3 Å². The van der Waals surface area contributed by atoms with Crippen molar-refractivity contribution < 1.29 is 4.79 Å². The van der Waals surface area contributed by atoms with Gasteiger partial charge in [0.15, 0.2) is 0 Å². The molecule has 1 aromatic rings. The van der Waals surface area contributed by atoms with Crippen LogP contribution in [0.3, 0.4) is 0 Å². The Kier molecular flexibility index (Phi) is 7.37. The molecule has 1 unspecified atom stereocenters. The van der Waals surface area contributed by atoms with Crippen molar-refractivity contribution in [3.8, 4) is 0 Å². The van der Waals surface area contributed by atoms with Crippen LogP contribution in [0.15, 0.2) is 28.7 Å². The van der Waals surface area contributed by atoms with Crippen LogP contribution in [0.2, 0.25) is 0 Å². The number of halogens is 1. The number of nitrogens with zero attached hydrogens (tertiary/aromatic N) is 1. The third kappa shape index (κ3) is 6.15. The van der Waals surface area contributed by atoms with Gasteiger partial charge in [0.2, 0.25) is 0 Å². The van der Waals surface area contributed by atoms with Gasteiger partial charge in [-0.3, -0.25) is 0 Å². The Labute approximate surface area is 148 Å². The highest BCUT2D eigenvalue weighted by molar-refractivity contribution is 9.10. The first-order valence-electron chi connectivity index (χ1n) is 8.57. The lowest BCUT2D eigenvalue weighted by atomic mass is 9.99. The molecule has 2 amide bonds. The summed E-state index contributed by atoms with van der Waals surface area (Å²) in [7, 11) is 0. The number of piperidine rings is 1. The monoisotopic (exact) mass is 381 g/mol. The fourth-order valence-electron chi connectivity index (χ4n) is 2.94. The number of hydrogen-bond acceptors (Lipinski definition) is 2. The van der Waals surface area contributed by atoms with Gasteiger partial charge in [0.05, 0.1) is 6.04 Å². The molecule has 1 saturated heterocycles. The topological polar surface area (TPSA) is 44.4 Å². The standard InChI is InChI=1S/C18H28BrN3O/c1-14-8-12-22(13-9-14)11-5-10-20-18(23)21-15(2)16-6-3-4-7-17(16)19/h3-4,6-7,14-15H,5,8-13H2,1-2H3,(H2,20,21,23). The highest BCUT2D eigenvalue weighted by Crippen LogP contribution is 2.22. The zero-order valence-electron chi connectivity index (χ0n) is 14.1. The zero-order chi connectivity index (χ0) is 16.7. The maximum Gasteiger partial charge on any atom is 0.315 e. The van der Waals surface area contributed by atoms with Crippen LogP contribution in [0, 0.1) is 5.92 Å². The van der Waals surface area contributed by atoms with Crippen LogP contribution in [0.1, 0.15) is 44.7 Å². The summed E-state index contributed by atoms with van der Waals surface area (Å²) < 4.78 is 1.02. The van der Waals surface area contributed by atoms with Crippen molar-refractivity contribution >= 4 is 22.0 Å². The van der Waals surface area contributed by atoms with E-state index < -0.39 is 0 Å². The van der Waals surface area contributed by atoms with Crippen LogP contribution in [-0.4, -0.2) is 37.1 Å². The van der Waals surface area contributed by atoms with E-state index in [4.69, 9.17) is 0 Å². The van der Waals surface area contributed by atoms with E-state index in [0.29, 0.717) is 0 Å². The molecule has 0 aromatic heterocycles. The normalized spacial score (nSPS) is 17.7. The Morgan fingerprint density at radius 1 is 1.35 bits per heavy atom. The summed E-state index contributed by atoms with van der Waals surface area (Å²) in [6.07, 6.45) is 3.61. The molecule has 4 nitrogen and oxygen atoms in total. The van der Waals surface area contributed by atoms with E-state index in [1.807, 2.05) is 31.2 Å². The molecule has 128 valence electrons. The van der Waals surface area contributed by atoms with Gasteiger partial charge >= 0.3 is 6.03 Å². The zero-order valence-corrected chi connectivity index (χ0v) is 15.7. The number of urea groups is 1. The number of nitrogens with one attached hydrogen (secondary N) is 2. The number of likely N-dealkylation sites (tertiary alicyclic amines) is 1. The van der Waals surface area contributed by atoms with E-state index in [-0.39, 0.29) is 12.1 Å². The van der Waals surface area contributed by atoms with E-state index in [1.165, 1.54) is 25.9 Å². The molecular weight excluding hydrogens is 354 g/mol. The molecule has 0 aliphatic carbocycles. The molecule has 0 bridgehead atoms. The SMILES string of the molecule is CC1CCN(CCCNC(=O)NC(C)c2ccccc2Br)CC1. The summed E-state index contributed by atoms with van der Waals surface area (Å²) in [5.41, 5.74) is 1.09. The molecule has 5 heteroatoms. The van der Waals surface area contributed by atoms with Crippen LogP contribution in [0.4, 0.5) is 4.79 Å². The quantitative estimate of drug-likeness (QED) is 0.733. The lowest BCUT2D eigenvalue weighted by molar-refractivity contribution is 0.190. The molecule has 0 spiro atoms. The fourth-order valence-corrected chi connectivity index (χ4v) is 3.57. The maximum absolute atomic E-state index is 12.0. The van der Waals surface area contributed by atoms with E-state index in [9.17, 15) is 4.79 Å². The number of benzene rings is 1. The molecule has 1 fully saturated rings. The van der Waals surface area contributed by atoms with Crippen molar-refractivity contribution in [3.63, 3.8) is 0 Å². The predicted molar refractivity (Wildman–Crippen MR) is 98.5 cm³/mol. The van der Waals surface area contributed by atoms with Crippen LogP contribution >= 0.6 is 15.9 Å². The highest BCUT2D eigenvalue weighted by atomic mass is 79.9. The average Bonchev–Trinajstić information content (AvgIpc) is 2.53. The smallest absolute Gasteiger partial charge is 0.315 e. The van der Waals surface area contributed by atoms with Gasteiger partial charge in [-0.15, -0.1) is 0 Å².